The second-order valence-electron chi connectivity index (χ2n) is 12.4. The highest BCUT2D eigenvalue weighted by molar-refractivity contribution is 7.27. The van der Waals surface area contributed by atoms with Crippen LogP contribution in [0.3, 0.4) is 0 Å². The minimum absolute atomic E-state index is 0.878. The minimum atomic E-state index is 0.878. The van der Waals surface area contributed by atoms with Crippen molar-refractivity contribution in [1.82, 2.24) is 0 Å². The number of benzene rings is 8. The van der Waals surface area contributed by atoms with Crippen molar-refractivity contribution in [2.45, 2.75) is 0 Å². The van der Waals surface area contributed by atoms with Gasteiger partial charge in [-0.25, -0.2) is 0 Å². The standard InChI is InChI=1S/C46H29NOS/c1-3-14-30(15-4-1)32-28-29-40(35-19-8-7-18-34(32)35)47(41-25-12-22-37-36-20-9-10-27-43(36)48-44(37)41)42-26-13-24-39-38-23-11-21-33(45(38)49-46(39)42)31-16-5-2-6-17-31/h1-29H. The monoisotopic (exact) mass is 643 g/mol. The fourth-order valence-corrected chi connectivity index (χ4v) is 8.81. The minimum Gasteiger partial charge on any atom is -0.454 e. The van der Waals surface area contributed by atoms with E-state index in [1.54, 1.807) is 0 Å². The van der Waals surface area contributed by atoms with Gasteiger partial charge >= 0.3 is 0 Å². The zero-order valence-corrected chi connectivity index (χ0v) is 27.3. The molecule has 0 N–H and O–H groups in total. The molecule has 0 amide bonds. The van der Waals surface area contributed by atoms with Gasteiger partial charge in [0.1, 0.15) is 5.58 Å². The highest BCUT2D eigenvalue weighted by atomic mass is 32.1. The number of thiophene rings is 1. The molecule has 0 radical (unpaired) electrons. The lowest BCUT2D eigenvalue weighted by molar-refractivity contribution is 0.669. The average Bonchev–Trinajstić information content (AvgIpc) is 3.75. The highest BCUT2D eigenvalue weighted by Crippen LogP contribution is 2.50. The Morgan fingerprint density at radius 2 is 0.918 bits per heavy atom. The molecule has 49 heavy (non-hydrogen) atoms. The maximum absolute atomic E-state index is 6.72. The molecule has 0 aliphatic heterocycles. The van der Waals surface area contributed by atoms with Crippen LogP contribution in [-0.4, -0.2) is 0 Å². The van der Waals surface area contributed by atoms with E-state index in [0.29, 0.717) is 0 Å². The van der Waals surface area contributed by atoms with E-state index in [2.05, 4.69) is 175 Å². The Morgan fingerprint density at radius 1 is 0.347 bits per heavy atom. The number of para-hydroxylation sites is 2. The summed E-state index contributed by atoms with van der Waals surface area (Å²) >= 11 is 1.87. The summed E-state index contributed by atoms with van der Waals surface area (Å²) in [7, 11) is 0. The maximum Gasteiger partial charge on any atom is 0.159 e. The predicted octanol–water partition coefficient (Wildman–Crippen LogP) is 13.9. The largest absolute Gasteiger partial charge is 0.454 e. The van der Waals surface area contributed by atoms with Crippen molar-refractivity contribution in [1.29, 1.82) is 0 Å². The third kappa shape index (κ3) is 4.40. The molecule has 3 heteroatoms. The molecule has 2 aromatic heterocycles. The van der Waals surface area contributed by atoms with E-state index in [1.807, 2.05) is 17.4 Å². The van der Waals surface area contributed by atoms with Gasteiger partial charge in [0.25, 0.3) is 0 Å². The van der Waals surface area contributed by atoms with Crippen LogP contribution in [-0.2, 0) is 0 Å². The molecule has 0 saturated carbocycles. The van der Waals surface area contributed by atoms with Gasteiger partial charge in [-0.05, 0) is 51.9 Å². The van der Waals surface area contributed by atoms with Gasteiger partial charge in [-0.2, -0.15) is 0 Å². The van der Waals surface area contributed by atoms with Gasteiger partial charge in [0.2, 0.25) is 0 Å². The molecule has 0 unspecified atom stereocenters. The van der Waals surface area contributed by atoms with E-state index in [4.69, 9.17) is 4.42 Å². The average molecular weight is 644 g/mol. The molecule has 230 valence electrons. The van der Waals surface area contributed by atoms with Crippen LogP contribution in [0.25, 0.3) is 75.1 Å². The van der Waals surface area contributed by atoms with E-state index < -0.39 is 0 Å². The second kappa shape index (κ2) is 11.2. The van der Waals surface area contributed by atoms with Crippen molar-refractivity contribution in [2.75, 3.05) is 4.90 Å². The molecule has 8 aromatic carbocycles. The lowest BCUT2D eigenvalue weighted by atomic mass is 9.96. The predicted molar refractivity (Wildman–Crippen MR) is 210 cm³/mol. The lowest BCUT2D eigenvalue weighted by Gasteiger charge is -2.28. The lowest BCUT2D eigenvalue weighted by Crippen LogP contribution is -2.11. The van der Waals surface area contributed by atoms with Gasteiger partial charge in [0.05, 0.1) is 21.8 Å². The molecular weight excluding hydrogens is 615 g/mol. The fraction of sp³-hybridized carbons (Fsp3) is 0. The molecule has 0 aliphatic rings. The highest BCUT2D eigenvalue weighted by Gasteiger charge is 2.24. The summed E-state index contributed by atoms with van der Waals surface area (Å²) in [5.74, 6) is 0. The first-order chi connectivity index (χ1) is 24.3. The molecule has 10 rings (SSSR count). The van der Waals surface area contributed by atoms with Gasteiger partial charge in [0.15, 0.2) is 5.58 Å². The smallest absolute Gasteiger partial charge is 0.159 e. The van der Waals surface area contributed by atoms with E-state index in [9.17, 15) is 0 Å². The van der Waals surface area contributed by atoms with E-state index >= 15 is 0 Å². The van der Waals surface area contributed by atoms with Crippen molar-refractivity contribution >= 4 is 81.3 Å². The fourth-order valence-electron chi connectivity index (χ4n) is 7.47. The van der Waals surface area contributed by atoms with Gasteiger partial charge < -0.3 is 9.32 Å². The third-order valence-electron chi connectivity index (χ3n) is 9.68. The third-order valence-corrected chi connectivity index (χ3v) is 11.0. The normalized spacial score (nSPS) is 11.7. The van der Waals surface area contributed by atoms with Crippen LogP contribution in [0.15, 0.2) is 180 Å². The Morgan fingerprint density at radius 3 is 1.69 bits per heavy atom. The van der Waals surface area contributed by atoms with Crippen LogP contribution in [0.2, 0.25) is 0 Å². The molecule has 0 fully saturated rings. The molecule has 0 atom stereocenters. The van der Waals surface area contributed by atoms with E-state index in [0.717, 1.165) is 39.0 Å². The van der Waals surface area contributed by atoms with E-state index in [-0.39, 0.29) is 0 Å². The Bertz CT molecular complexity index is 2830. The van der Waals surface area contributed by atoms with Crippen LogP contribution in [0.4, 0.5) is 17.1 Å². The van der Waals surface area contributed by atoms with Crippen molar-refractivity contribution in [3.63, 3.8) is 0 Å². The summed E-state index contributed by atoms with van der Waals surface area (Å²) in [5, 5.41) is 7.15. The number of rotatable bonds is 5. The SMILES string of the molecule is c1ccc(-c2ccc(N(c3cccc4c3oc3ccccc34)c3cccc4c3sc3c(-c5ccccc5)cccc34)c3ccccc23)cc1. The summed E-state index contributed by atoms with van der Waals surface area (Å²) in [6.07, 6.45) is 0. The van der Waals surface area contributed by atoms with Crippen LogP contribution in [0.1, 0.15) is 0 Å². The molecule has 10 aromatic rings. The summed E-state index contributed by atoms with van der Waals surface area (Å²) in [6, 6.07) is 63.0. The van der Waals surface area contributed by atoms with Crippen LogP contribution in [0, 0.1) is 0 Å². The van der Waals surface area contributed by atoms with Crippen molar-refractivity contribution in [3.8, 4) is 22.3 Å². The summed E-state index contributed by atoms with van der Waals surface area (Å²) in [5.41, 5.74) is 9.93. The van der Waals surface area contributed by atoms with Crippen LogP contribution < -0.4 is 4.90 Å². The molecule has 0 bridgehead atoms. The molecular formula is C46H29NOS. The Hall–Kier alpha value is -6.16. The van der Waals surface area contributed by atoms with Crippen LogP contribution >= 0.6 is 11.3 Å². The van der Waals surface area contributed by atoms with E-state index in [1.165, 1.54) is 53.2 Å². The topological polar surface area (TPSA) is 16.4 Å². The number of anilines is 3. The molecule has 2 nitrogen and oxygen atoms in total. The molecule has 0 saturated heterocycles. The second-order valence-corrected chi connectivity index (χ2v) is 13.5. The Balaban J connectivity index is 1.30. The summed E-state index contributed by atoms with van der Waals surface area (Å²) < 4.78 is 9.26. The zero-order valence-electron chi connectivity index (χ0n) is 26.5. The number of furan rings is 1. The summed E-state index contributed by atoms with van der Waals surface area (Å²) in [4.78, 5) is 2.43. The number of hydrogen-bond donors (Lipinski definition) is 0. The van der Waals surface area contributed by atoms with Crippen molar-refractivity contribution < 1.29 is 4.42 Å². The van der Waals surface area contributed by atoms with Gasteiger partial charge in [-0.1, -0.05) is 152 Å². The van der Waals surface area contributed by atoms with Crippen molar-refractivity contribution in [3.05, 3.63) is 176 Å². The van der Waals surface area contributed by atoms with Crippen molar-refractivity contribution in [2.24, 2.45) is 0 Å². The van der Waals surface area contributed by atoms with Gasteiger partial charge in [-0.3, -0.25) is 0 Å². The maximum atomic E-state index is 6.72. The molecule has 2 heterocycles. The molecule has 0 aliphatic carbocycles. The first-order valence-electron chi connectivity index (χ1n) is 16.6. The zero-order chi connectivity index (χ0) is 32.3. The number of nitrogens with zero attached hydrogens (tertiary/aromatic N) is 1. The van der Waals surface area contributed by atoms with Gasteiger partial charge in [0, 0.05) is 31.6 Å². The first kappa shape index (κ1) is 27.9. The quantitative estimate of drug-likeness (QED) is 0.186. The number of hydrogen-bond acceptors (Lipinski definition) is 3. The van der Waals surface area contributed by atoms with Gasteiger partial charge in [-0.15, -0.1) is 11.3 Å². The Labute approximate surface area is 287 Å². The van der Waals surface area contributed by atoms with Crippen LogP contribution in [0.5, 0.6) is 0 Å². The Kier molecular flexibility index (Phi) is 6.39. The molecule has 0 spiro atoms. The first-order valence-corrected chi connectivity index (χ1v) is 17.4. The summed E-state index contributed by atoms with van der Waals surface area (Å²) in [6.45, 7) is 0. The number of fused-ring (bicyclic) bond motifs is 7.